The first-order valence-electron chi connectivity index (χ1n) is 5.70. The monoisotopic (exact) mass is 292 g/mol. The summed E-state index contributed by atoms with van der Waals surface area (Å²) in [4.78, 5) is 26.7. The Labute approximate surface area is 119 Å². The van der Waals surface area contributed by atoms with E-state index in [-0.39, 0.29) is 4.88 Å². The highest BCUT2D eigenvalue weighted by molar-refractivity contribution is 7.17. The van der Waals surface area contributed by atoms with E-state index in [0.29, 0.717) is 10.7 Å². The molecule has 0 aliphatic rings. The number of nitrogens with zero attached hydrogens (tertiary/aromatic N) is 1. The van der Waals surface area contributed by atoms with Crippen molar-refractivity contribution in [2.24, 2.45) is 0 Å². The third-order valence-corrected chi connectivity index (χ3v) is 3.47. The van der Waals surface area contributed by atoms with Gasteiger partial charge in [0.1, 0.15) is 4.88 Å². The molecule has 0 saturated heterocycles. The lowest BCUT2D eigenvalue weighted by molar-refractivity contribution is -0.141. The van der Waals surface area contributed by atoms with Crippen molar-refractivity contribution in [3.8, 4) is 0 Å². The Bertz CT molecular complexity index is 612. The Morgan fingerprint density at radius 2 is 2.05 bits per heavy atom. The molecular formula is C13H12N2O4S. The van der Waals surface area contributed by atoms with E-state index in [2.05, 4.69) is 10.3 Å². The number of carbonyl (C=O) groups is 2. The van der Waals surface area contributed by atoms with Crippen LogP contribution in [0.3, 0.4) is 0 Å². The summed E-state index contributed by atoms with van der Waals surface area (Å²) >= 11 is 0.962. The number of anilines is 1. The van der Waals surface area contributed by atoms with Crippen LogP contribution in [0.4, 0.5) is 5.13 Å². The lowest BCUT2D eigenvalue weighted by Crippen LogP contribution is -2.22. The van der Waals surface area contributed by atoms with Crippen LogP contribution in [0.15, 0.2) is 36.5 Å². The number of carbonyl (C=O) groups excluding carboxylic acids is 1. The highest BCUT2D eigenvalue weighted by atomic mass is 32.1. The summed E-state index contributed by atoms with van der Waals surface area (Å²) in [7, 11) is 1.30. The lowest BCUT2D eigenvalue weighted by Gasteiger charge is -2.15. The Morgan fingerprint density at radius 1 is 1.35 bits per heavy atom. The second-order valence-electron chi connectivity index (χ2n) is 3.85. The number of hydrogen-bond acceptors (Lipinski definition) is 6. The van der Waals surface area contributed by atoms with Crippen LogP contribution in [-0.2, 0) is 9.53 Å². The number of nitrogens with one attached hydrogen (secondary N) is 1. The summed E-state index contributed by atoms with van der Waals surface area (Å²) in [5.74, 6) is -1.52. The fourth-order valence-corrected chi connectivity index (χ4v) is 2.29. The largest absolute Gasteiger partial charge is 0.477 e. The topological polar surface area (TPSA) is 88.5 Å². The van der Waals surface area contributed by atoms with E-state index >= 15 is 0 Å². The zero-order valence-electron chi connectivity index (χ0n) is 10.6. The van der Waals surface area contributed by atoms with Gasteiger partial charge in [0, 0.05) is 0 Å². The fourth-order valence-electron chi connectivity index (χ4n) is 1.60. The van der Waals surface area contributed by atoms with Gasteiger partial charge < -0.3 is 15.2 Å². The van der Waals surface area contributed by atoms with Crippen LogP contribution in [-0.4, -0.2) is 29.1 Å². The molecule has 1 atom stereocenters. The summed E-state index contributed by atoms with van der Waals surface area (Å²) in [5.41, 5.74) is 0.714. The molecule has 0 aliphatic heterocycles. The average Bonchev–Trinajstić information content (AvgIpc) is 2.94. The van der Waals surface area contributed by atoms with Crippen molar-refractivity contribution in [3.63, 3.8) is 0 Å². The summed E-state index contributed by atoms with van der Waals surface area (Å²) in [6.07, 6.45) is 1.24. The second-order valence-corrected chi connectivity index (χ2v) is 4.88. The number of ether oxygens (including phenoxy) is 1. The molecule has 0 saturated carbocycles. The van der Waals surface area contributed by atoms with E-state index in [4.69, 9.17) is 9.84 Å². The van der Waals surface area contributed by atoms with Crippen LogP contribution in [0, 0.1) is 0 Å². The van der Waals surface area contributed by atoms with Gasteiger partial charge >= 0.3 is 11.9 Å². The maximum Gasteiger partial charge on any atom is 0.347 e. The first-order valence-corrected chi connectivity index (χ1v) is 6.52. The van der Waals surface area contributed by atoms with E-state index in [1.165, 1.54) is 13.3 Å². The Morgan fingerprint density at radius 3 is 2.60 bits per heavy atom. The molecule has 6 nitrogen and oxygen atoms in total. The smallest absolute Gasteiger partial charge is 0.347 e. The molecule has 1 heterocycles. The van der Waals surface area contributed by atoms with Gasteiger partial charge in [-0.05, 0) is 5.56 Å². The van der Waals surface area contributed by atoms with E-state index in [1.54, 1.807) is 24.3 Å². The molecule has 0 radical (unpaired) electrons. The number of carboxylic acids is 1. The molecule has 0 fully saturated rings. The van der Waals surface area contributed by atoms with Crippen LogP contribution >= 0.6 is 11.3 Å². The van der Waals surface area contributed by atoms with E-state index in [1.807, 2.05) is 6.07 Å². The van der Waals surface area contributed by atoms with E-state index < -0.39 is 18.0 Å². The van der Waals surface area contributed by atoms with Crippen molar-refractivity contribution in [2.75, 3.05) is 12.4 Å². The van der Waals surface area contributed by atoms with Crippen molar-refractivity contribution < 1.29 is 19.4 Å². The maximum absolute atomic E-state index is 11.8. The highest BCUT2D eigenvalue weighted by Gasteiger charge is 2.22. The quantitative estimate of drug-likeness (QED) is 0.821. The van der Waals surface area contributed by atoms with Crippen molar-refractivity contribution in [2.45, 2.75) is 6.04 Å². The van der Waals surface area contributed by atoms with Gasteiger partial charge in [-0.2, -0.15) is 0 Å². The average molecular weight is 292 g/mol. The number of rotatable bonds is 5. The standard InChI is InChI=1S/C13H12N2O4S/c1-19-12(18)10(8-5-3-2-4-6-8)15-13-14-7-9(20-13)11(16)17/h2-7,10H,1H3,(H,14,15)(H,16,17). The van der Waals surface area contributed by atoms with Gasteiger partial charge in [-0.25, -0.2) is 14.6 Å². The minimum Gasteiger partial charge on any atom is -0.477 e. The number of esters is 1. The molecule has 104 valence electrons. The second kappa shape index (κ2) is 6.16. The molecule has 0 bridgehead atoms. The predicted octanol–water partition coefficient (Wildman–Crippen LogP) is 2.17. The van der Waals surface area contributed by atoms with Crippen molar-refractivity contribution in [1.29, 1.82) is 0 Å². The van der Waals surface area contributed by atoms with E-state index in [0.717, 1.165) is 11.3 Å². The normalized spacial score (nSPS) is 11.7. The first kappa shape index (κ1) is 14.0. The van der Waals surface area contributed by atoms with Gasteiger partial charge in [-0.1, -0.05) is 41.7 Å². The molecule has 20 heavy (non-hydrogen) atoms. The van der Waals surface area contributed by atoms with Crippen LogP contribution < -0.4 is 5.32 Å². The predicted molar refractivity (Wildman–Crippen MR) is 73.9 cm³/mol. The minimum atomic E-state index is -1.05. The van der Waals surface area contributed by atoms with Crippen molar-refractivity contribution >= 4 is 28.4 Å². The molecule has 1 unspecified atom stereocenters. The van der Waals surface area contributed by atoms with Gasteiger partial charge in [-0.15, -0.1) is 0 Å². The molecule has 1 aromatic heterocycles. The zero-order chi connectivity index (χ0) is 14.5. The molecule has 1 aromatic carbocycles. The molecule has 2 rings (SSSR count). The van der Waals surface area contributed by atoms with Crippen LogP contribution in [0.25, 0.3) is 0 Å². The number of hydrogen-bond donors (Lipinski definition) is 2. The zero-order valence-corrected chi connectivity index (χ0v) is 11.4. The molecule has 2 aromatic rings. The Hall–Kier alpha value is -2.41. The Balaban J connectivity index is 2.24. The third-order valence-electron chi connectivity index (χ3n) is 2.55. The molecule has 2 N–H and O–H groups in total. The van der Waals surface area contributed by atoms with Gasteiger partial charge in [0.2, 0.25) is 0 Å². The number of thiazole rings is 1. The third kappa shape index (κ3) is 3.12. The summed E-state index contributed by atoms with van der Waals surface area (Å²) in [6.45, 7) is 0. The van der Waals surface area contributed by atoms with E-state index in [9.17, 15) is 9.59 Å². The fraction of sp³-hybridized carbons (Fsp3) is 0.154. The molecule has 0 aliphatic carbocycles. The number of aromatic carboxylic acids is 1. The van der Waals surface area contributed by atoms with Gasteiger partial charge in [0.25, 0.3) is 0 Å². The SMILES string of the molecule is COC(=O)C(Nc1ncc(C(=O)O)s1)c1ccccc1. The van der Waals surface area contributed by atoms with Gasteiger partial charge in [0.05, 0.1) is 13.3 Å². The molecule has 7 heteroatoms. The van der Waals surface area contributed by atoms with Gasteiger partial charge in [-0.3, -0.25) is 0 Å². The number of benzene rings is 1. The number of aromatic nitrogens is 1. The van der Waals surface area contributed by atoms with Crippen LogP contribution in [0.1, 0.15) is 21.3 Å². The first-order chi connectivity index (χ1) is 9.61. The summed E-state index contributed by atoms with van der Waals surface area (Å²) < 4.78 is 4.75. The Kier molecular flexibility index (Phi) is 4.31. The van der Waals surface area contributed by atoms with Crippen LogP contribution in [0.2, 0.25) is 0 Å². The number of methoxy groups -OCH3 is 1. The highest BCUT2D eigenvalue weighted by Crippen LogP contribution is 2.24. The lowest BCUT2D eigenvalue weighted by atomic mass is 10.1. The summed E-state index contributed by atoms with van der Waals surface area (Å²) in [6, 6.07) is 8.27. The molecule has 0 spiro atoms. The van der Waals surface area contributed by atoms with Crippen LogP contribution in [0.5, 0.6) is 0 Å². The van der Waals surface area contributed by atoms with Crippen molar-refractivity contribution in [3.05, 3.63) is 47.0 Å². The maximum atomic E-state index is 11.8. The minimum absolute atomic E-state index is 0.101. The summed E-state index contributed by atoms with van der Waals surface area (Å²) in [5, 5.41) is 12.1. The molecule has 0 amide bonds. The molecular weight excluding hydrogens is 280 g/mol. The van der Waals surface area contributed by atoms with Gasteiger partial charge in [0.15, 0.2) is 11.2 Å². The number of carboxylic acid groups (broad SMARTS) is 1. The van der Waals surface area contributed by atoms with Crippen molar-refractivity contribution in [1.82, 2.24) is 4.98 Å².